The number of benzene rings is 1. The Kier molecular flexibility index (Phi) is 5.31. The maximum absolute atomic E-state index is 5.99. The van der Waals surface area contributed by atoms with Crippen molar-refractivity contribution < 1.29 is 4.74 Å². The molecular formula is C17H22ClNOS. The second kappa shape index (κ2) is 6.82. The largest absolute Gasteiger partial charge is 0.484 e. The molecular weight excluding hydrogens is 302 g/mol. The van der Waals surface area contributed by atoms with Gasteiger partial charge in [0.2, 0.25) is 0 Å². The quantitative estimate of drug-likeness (QED) is 0.796. The van der Waals surface area contributed by atoms with E-state index in [0.29, 0.717) is 6.54 Å². The third kappa shape index (κ3) is 4.00. The topological polar surface area (TPSA) is 35.2 Å². The number of rotatable bonds is 6. The summed E-state index contributed by atoms with van der Waals surface area (Å²) in [6.45, 7) is 7.13. The van der Waals surface area contributed by atoms with E-state index in [4.69, 9.17) is 22.1 Å². The van der Waals surface area contributed by atoms with Gasteiger partial charge in [-0.2, -0.15) is 0 Å². The van der Waals surface area contributed by atoms with Gasteiger partial charge in [-0.05, 0) is 41.7 Å². The Morgan fingerprint density at radius 3 is 2.33 bits per heavy atom. The van der Waals surface area contributed by atoms with Gasteiger partial charge in [0.1, 0.15) is 11.9 Å². The van der Waals surface area contributed by atoms with E-state index in [1.807, 2.05) is 24.3 Å². The van der Waals surface area contributed by atoms with Crippen LogP contribution in [-0.4, -0.2) is 6.54 Å². The molecule has 2 aromatic rings. The first-order valence-corrected chi connectivity index (χ1v) is 8.38. The van der Waals surface area contributed by atoms with Gasteiger partial charge in [0.15, 0.2) is 0 Å². The van der Waals surface area contributed by atoms with E-state index in [9.17, 15) is 0 Å². The number of ether oxygens (including phenoxy) is 1. The summed E-state index contributed by atoms with van der Waals surface area (Å²) in [5.41, 5.74) is 7.33. The van der Waals surface area contributed by atoms with Gasteiger partial charge in [-0.15, -0.1) is 11.3 Å². The first-order chi connectivity index (χ1) is 9.96. The van der Waals surface area contributed by atoms with Crippen LogP contribution in [0.5, 0.6) is 5.75 Å². The van der Waals surface area contributed by atoms with E-state index in [0.717, 1.165) is 21.4 Å². The van der Waals surface area contributed by atoms with Gasteiger partial charge >= 0.3 is 0 Å². The average Bonchev–Trinajstić information content (AvgIpc) is 2.91. The van der Waals surface area contributed by atoms with Crippen molar-refractivity contribution in [2.45, 2.75) is 38.7 Å². The lowest BCUT2D eigenvalue weighted by Crippen LogP contribution is -2.18. The SMILES string of the molecule is CCC(C)(C)c1ccc(OC(CN)c2ccc(Cl)s2)cc1. The molecule has 1 heterocycles. The molecule has 0 fully saturated rings. The van der Waals surface area contributed by atoms with E-state index in [1.54, 1.807) is 0 Å². The Morgan fingerprint density at radius 2 is 1.86 bits per heavy atom. The molecule has 0 aliphatic carbocycles. The van der Waals surface area contributed by atoms with E-state index in [1.165, 1.54) is 16.9 Å². The molecule has 0 amide bonds. The molecule has 0 aliphatic rings. The molecule has 0 saturated heterocycles. The summed E-state index contributed by atoms with van der Waals surface area (Å²) in [6.07, 6.45) is 0.958. The summed E-state index contributed by atoms with van der Waals surface area (Å²) in [5, 5.41) is 0. The molecule has 0 saturated carbocycles. The molecule has 4 heteroatoms. The molecule has 1 atom stereocenters. The molecule has 1 aromatic heterocycles. The van der Waals surface area contributed by atoms with E-state index >= 15 is 0 Å². The van der Waals surface area contributed by atoms with Crippen molar-refractivity contribution in [3.63, 3.8) is 0 Å². The molecule has 114 valence electrons. The maximum Gasteiger partial charge on any atom is 0.145 e. The zero-order valence-corrected chi connectivity index (χ0v) is 14.3. The van der Waals surface area contributed by atoms with Crippen LogP contribution in [0, 0.1) is 0 Å². The maximum atomic E-state index is 5.99. The minimum atomic E-state index is -0.146. The second-order valence-corrected chi connectivity index (χ2v) is 7.49. The lowest BCUT2D eigenvalue weighted by Gasteiger charge is -2.24. The lowest BCUT2D eigenvalue weighted by atomic mass is 9.82. The molecule has 21 heavy (non-hydrogen) atoms. The number of hydrogen-bond donors (Lipinski definition) is 1. The van der Waals surface area contributed by atoms with Gasteiger partial charge in [0.05, 0.1) is 4.34 Å². The van der Waals surface area contributed by atoms with Crippen LogP contribution in [0.25, 0.3) is 0 Å². The van der Waals surface area contributed by atoms with Gasteiger partial charge in [-0.3, -0.25) is 0 Å². The van der Waals surface area contributed by atoms with Crippen LogP contribution in [0.15, 0.2) is 36.4 Å². The Hall–Kier alpha value is -1.03. The monoisotopic (exact) mass is 323 g/mol. The lowest BCUT2D eigenvalue weighted by molar-refractivity contribution is 0.218. The van der Waals surface area contributed by atoms with Crippen LogP contribution < -0.4 is 10.5 Å². The predicted octanol–water partition coefficient (Wildman–Crippen LogP) is 5.17. The minimum Gasteiger partial charge on any atom is -0.484 e. The zero-order chi connectivity index (χ0) is 15.5. The molecule has 2 rings (SSSR count). The van der Waals surface area contributed by atoms with Crippen molar-refractivity contribution in [1.29, 1.82) is 0 Å². The average molecular weight is 324 g/mol. The number of halogens is 1. The van der Waals surface area contributed by atoms with Crippen LogP contribution in [0.4, 0.5) is 0 Å². The number of nitrogens with two attached hydrogens (primary N) is 1. The highest BCUT2D eigenvalue weighted by Crippen LogP contribution is 2.32. The van der Waals surface area contributed by atoms with Crippen molar-refractivity contribution in [2.24, 2.45) is 5.73 Å². The zero-order valence-electron chi connectivity index (χ0n) is 12.7. The third-order valence-electron chi connectivity index (χ3n) is 3.92. The number of thiophene rings is 1. The van der Waals surface area contributed by atoms with Crippen LogP contribution in [-0.2, 0) is 5.41 Å². The fourth-order valence-electron chi connectivity index (χ4n) is 2.08. The summed E-state index contributed by atoms with van der Waals surface area (Å²) in [7, 11) is 0. The van der Waals surface area contributed by atoms with Crippen LogP contribution in [0.2, 0.25) is 4.34 Å². The smallest absolute Gasteiger partial charge is 0.145 e. The van der Waals surface area contributed by atoms with Crippen molar-refractivity contribution in [2.75, 3.05) is 6.54 Å². The Balaban J connectivity index is 2.12. The fourth-order valence-corrected chi connectivity index (χ4v) is 3.18. The summed E-state index contributed by atoms with van der Waals surface area (Å²) in [5.74, 6) is 0.839. The third-order valence-corrected chi connectivity index (χ3v) is 5.25. The van der Waals surface area contributed by atoms with Crippen LogP contribution >= 0.6 is 22.9 Å². The molecule has 1 unspecified atom stereocenters. The fraction of sp³-hybridized carbons (Fsp3) is 0.412. The van der Waals surface area contributed by atoms with Gasteiger partial charge < -0.3 is 10.5 Å². The van der Waals surface area contributed by atoms with Crippen molar-refractivity contribution in [3.8, 4) is 5.75 Å². The normalized spacial score (nSPS) is 13.2. The highest BCUT2D eigenvalue weighted by atomic mass is 35.5. The van der Waals surface area contributed by atoms with Crippen molar-refractivity contribution in [1.82, 2.24) is 0 Å². The molecule has 0 bridgehead atoms. The molecule has 0 aliphatic heterocycles. The van der Waals surface area contributed by atoms with Crippen LogP contribution in [0.3, 0.4) is 0 Å². The van der Waals surface area contributed by atoms with Gasteiger partial charge in [0, 0.05) is 11.4 Å². The molecule has 1 aromatic carbocycles. The van der Waals surface area contributed by atoms with Gasteiger partial charge in [-0.25, -0.2) is 0 Å². The van der Waals surface area contributed by atoms with Gasteiger partial charge in [0.25, 0.3) is 0 Å². The van der Waals surface area contributed by atoms with Gasteiger partial charge in [-0.1, -0.05) is 44.5 Å². The highest BCUT2D eigenvalue weighted by Gasteiger charge is 2.18. The van der Waals surface area contributed by atoms with E-state index in [-0.39, 0.29) is 11.5 Å². The predicted molar refractivity (Wildman–Crippen MR) is 91.5 cm³/mol. The molecule has 2 nitrogen and oxygen atoms in total. The highest BCUT2D eigenvalue weighted by molar-refractivity contribution is 7.16. The van der Waals surface area contributed by atoms with E-state index < -0.39 is 0 Å². The summed E-state index contributed by atoms with van der Waals surface area (Å²) < 4.78 is 6.75. The Labute approximate surface area is 135 Å². The summed E-state index contributed by atoms with van der Waals surface area (Å²) >= 11 is 7.48. The number of hydrogen-bond acceptors (Lipinski definition) is 3. The Bertz CT molecular complexity index is 577. The van der Waals surface area contributed by atoms with Crippen molar-refractivity contribution in [3.05, 3.63) is 51.2 Å². The summed E-state index contributed by atoms with van der Waals surface area (Å²) in [6, 6.07) is 12.1. The second-order valence-electron chi connectivity index (χ2n) is 5.75. The Morgan fingerprint density at radius 1 is 1.19 bits per heavy atom. The molecule has 0 radical (unpaired) electrons. The summed E-state index contributed by atoms with van der Waals surface area (Å²) in [4.78, 5) is 1.06. The van der Waals surface area contributed by atoms with Crippen molar-refractivity contribution >= 4 is 22.9 Å². The first-order valence-electron chi connectivity index (χ1n) is 7.18. The molecule has 2 N–H and O–H groups in total. The molecule has 0 spiro atoms. The van der Waals surface area contributed by atoms with E-state index in [2.05, 4.69) is 32.9 Å². The first kappa shape index (κ1) is 16.3. The standard InChI is InChI=1S/C17H22ClNOS/c1-4-17(2,3)12-5-7-13(8-6-12)20-14(11-19)15-9-10-16(18)21-15/h5-10,14H,4,11,19H2,1-3H3. The minimum absolute atomic E-state index is 0.146. The van der Waals surface area contributed by atoms with Crippen LogP contribution in [0.1, 0.15) is 43.7 Å².